The summed E-state index contributed by atoms with van der Waals surface area (Å²) in [6, 6.07) is 0. The fourth-order valence-corrected chi connectivity index (χ4v) is 2.32. The van der Waals surface area contributed by atoms with Crippen LogP contribution in [0.15, 0.2) is 0 Å². The minimum Gasteiger partial charge on any atom is -0.467 e. The molecule has 1 heterocycles. The molecular formula is C13H26N2O3. The number of ether oxygens (including phenoxy) is 1. The molecule has 2 unspecified atom stereocenters. The number of rotatable bonds is 7. The molecule has 0 spiro atoms. The Bertz CT molecular complexity index is 263. The Balaban J connectivity index is 2.18. The predicted molar refractivity (Wildman–Crippen MR) is 70.3 cm³/mol. The normalized spacial score (nSPS) is 21.6. The van der Waals surface area contributed by atoms with Crippen LogP contribution in [0.4, 0.5) is 0 Å². The largest absolute Gasteiger partial charge is 0.467 e. The van der Waals surface area contributed by atoms with Crippen LogP contribution >= 0.6 is 0 Å². The number of likely N-dealkylation sites (tertiary alicyclic amines) is 1. The maximum absolute atomic E-state index is 11.3. The lowest BCUT2D eigenvalue weighted by molar-refractivity contribution is -0.159. The predicted octanol–water partition coefficient (Wildman–Crippen LogP) is 0.232. The van der Waals surface area contributed by atoms with Gasteiger partial charge in [-0.2, -0.15) is 0 Å². The zero-order valence-corrected chi connectivity index (χ0v) is 11.7. The fourth-order valence-electron chi connectivity index (χ4n) is 2.32. The lowest BCUT2D eigenvalue weighted by Gasteiger charge is -2.24. The highest BCUT2D eigenvalue weighted by Gasteiger charge is 2.30. The van der Waals surface area contributed by atoms with Crippen molar-refractivity contribution in [3.8, 4) is 0 Å². The number of carbonyl (C=O) groups is 1. The third-order valence-corrected chi connectivity index (χ3v) is 3.36. The van der Waals surface area contributed by atoms with Crippen LogP contribution in [-0.4, -0.2) is 61.4 Å². The van der Waals surface area contributed by atoms with Crippen molar-refractivity contribution in [1.82, 2.24) is 10.2 Å². The van der Waals surface area contributed by atoms with Gasteiger partial charge < -0.3 is 20.1 Å². The molecule has 106 valence electrons. The second-order valence-corrected chi connectivity index (χ2v) is 5.51. The molecule has 0 amide bonds. The number of hydrogen-bond donors (Lipinski definition) is 2. The van der Waals surface area contributed by atoms with Crippen LogP contribution < -0.4 is 5.32 Å². The number of nitrogens with one attached hydrogen (secondary N) is 1. The standard InChI is InChI=1S/C13H26N2O3/c1-11(9-15-6-4-5-7-15)8-14-10-13(2,17)12(16)18-3/h11,14,17H,4-10H2,1-3H3. The Morgan fingerprint density at radius 3 is 2.67 bits per heavy atom. The van der Waals surface area contributed by atoms with Crippen LogP contribution in [0.5, 0.6) is 0 Å². The van der Waals surface area contributed by atoms with Crippen molar-refractivity contribution in [2.45, 2.75) is 32.3 Å². The summed E-state index contributed by atoms with van der Waals surface area (Å²) in [7, 11) is 1.28. The summed E-state index contributed by atoms with van der Waals surface area (Å²) < 4.78 is 4.54. The van der Waals surface area contributed by atoms with Gasteiger partial charge in [0.15, 0.2) is 5.60 Å². The van der Waals surface area contributed by atoms with Gasteiger partial charge in [-0.25, -0.2) is 4.79 Å². The van der Waals surface area contributed by atoms with E-state index in [1.807, 2.05) is 0 Å². The number of esters is 1. The Morgan fingerprint density at radius 2 is 2.11 bits per heavy atom. The van der Waals surface area contributed by atoms with Crippen molar-refractivity contribution in [2.75, 3.05) is 39.8 Å². The highest BCUT2D eigenvalue weighted by Crippen LogP contribution is 2.10. The van der Waals surface area contributed by atoms with E-state index in [1.165, 1.54) is 40.0 Å². The Kier molecular flexibility index (Phi) is 6.05. The second-order valence-electron chi connectivity index (χ2n) is 5.51. The summed E-state index contributed by atoms with van der Waals surface area (Å²) in [5.41, 5.74) is -1.44. The summed E-state index contributed by atoms with van der Waals surface area (Å²) in [6.07, 6.45) is 2.61. The molecule has 0 radical (unpaired) electrons. The first kappa shape index (κ1) is 15.4. The van der Waals surface area contributed by atoms with E-state index in [1.54, 1.807) is 0 Å². The molecule has 0 aromatic heterocycles. The van der Waals surface area contributed by atoms with Gasteiger partial charge in [-0.1, -0.05) is 6.92 Å². The number of methoxy groups -OCH3 is 1. The highest BCUT2D eigenvalue weighted by molar-refractivity contribution is 5.78. The number of nitrogens with zero attached hydrogens (tertiary/aromatic N) is 1. The molecule has 5 nitrogen and oxygen atoms in total. The van der Waals surface area contributed by atoms with Gasteiger partial charge in [-0.05, 0) is 45.3 Å². The van der Waals surface area contributed by atoms with Gasteiger partial charge in [0.25, 0.3) is 0 Å². The molecule has 2 N–H and O–H groups in total. The smallest absolute Gasteiger partial charge is 0.338 e. The van der Waals surface area contributed by atoms with Crippen LogP contribution in [0, 0.1) is 5.92 Å². The van der Waals surface area contributed by atoms with Gasteiger partial charge in [-0.3, -0.25) is 0 Å². The molecule has 5 heteroatoms. The zero-order chi connectivity index (χ0) is 13.6. The summed E-state index contributed by atoms with van der Waals surface area (Å²) >= 11 is 0. The van der Waals surface area contributed by atoms with Crippen molar-refractivity contribution in [1.29, 1.82) is 0 Å². The molecule has 1 saturated heterocycles. The third-order valence-electron chi connectivity index (χ3n) is 3.36. The van der Waals surface area contributed by atoms with Gasteiger partial charge in [0.1, 0.15) is 0 Å². The van der Waals surface area contributed by atoms with Crippen LogP contribution in [0.25, 0.3) is 0 Å². The SMILES string of the molecule is COC(=O)C(C)(O)CNCC(C)CN1CCCC1. The van der Waals surface area contributed by atoms with Crippen LogP contribution in [0.3, 0.4) is 0 Å². The molecule has 1 rings (SSSR count). The van der Waals surface area contributed by atoms with E-state index in [0.29, 0.717) is 5.92 Å². The summed E-state index contributed by atoms with van der Waals surface area (Å²) in [6.45, 7) is 8.14. The number of aliphatic hydroxyl groups is 1. The molecular weight excluding hydrogens is 232 g/mol. The van der Waals surface area contributed by atoms with Crippen molar-refractivity contribution < 1.29 is 14.6 Å². The highest BCUT2D eigenvalue weighted by atomic mass is 16.5. The lowest BCUT2D eigenvalue weighted by Crippen LogP contribution is -2.47. The first-order valence-electron chi connectivity index (χ1n) is 6.69. The zero-order valence-electron chi connectivity index (χ0n) is 11.7. The van der Waals surface area contributed by atoms with E-state index >= 15 is 0 Å². The topological polar surface area (TPSA) is 61.8 Å². The minimum absolute atomic E-state index is 0.226. The molecule has 0 bridgehead atoms. The fraction of sp³-hybridized carbons (Fsp3) is 0.923. The van der Waals surface area contributed by atoms with E-state index in [9.17, 15) is 9.90 Å². The van der Waals surface area contributed by atoms with Crippen LogP contribution in [0.2, 0.25) is 0 Å². The maximum atomic E-state index is 11.3. The second kappa shape index (κ2) is 7.07. The molecule has 0 aromatic carbocycles. The average molecular weight is 258 g/mol. The van der Waals surface area contributed by atoms with E-state index in [4.69, 9.17) is 0 Å². The van der Waals surface area contributed by atoms with Gasteiger partial charge in [0, 0.05) is 13.1 Å². The molecule has 1 aliphatic rings. The number of hydrogen-bond acceptors (Lipinski definition) is 5. The van der Waals surface area contributed by atoms with Crippen molar-refractivity contribution in [3.05, 3.63) is 0 Å². The Labute approximate surface area is 109 Å². The summed E-state index contributed by atoms with van der Waals surface area (Å²) in [5.74, 6) is -0.0845. The molecule has 1 fully saturated rings. The number of carbonyl (C=O) groups excluding carboxylic acids is 1. The molecule has 1 aliphatic heterocycles. The van der Waals surface area contributed by atoms with Crippen LogP contribution in [-0.2, 0) is 9.53 Å². The molecule has 2 atom stereocenters. The first-order valence-corrected chi connectivity index (χ1v) is 6.69. The molecule has 0 saturated carbocycles. The first-order chi connectivity index (χ1) is 8.45. The molecule has 0 aromatic rings. The molecule has 18 heavy (non-hydrogen) atoms. The Hall–Kier alpha value is -0.650. The van der Waals surface area contributed by atoms with E-state index < -0.39 is 11.6 Å². The van der Waals surface area contributed by atoms with Gasteiger partial charge in [0.2, 0.25) is 0 Å². The average Bonchev–Trinajstić information content (AvgIpc) is 2.80. The third kappa shape index (κ3) is 4.92. The molecule has 0 aliphatic carbocycles. The van der Waals surface area contributed by atoms with Crippen molar-refractivity contribution >= 4 is 5.97 Å². The van der Waals surface area contributed by atoms with Crippen LogP contribution in [0.1, 0.15) is 26.7 Å². The van der Waals surface area contributed by atoms with E-state index in [0.717, 1.165) is 13.1 Å². The summed E-state index contributed by atoms with van der Waals surface area (Å²) in [5, 5.41) is 13.0. The quantitative estimate of drug-likeness (QED) is 0.640. The van der Waals surface area contributed by atoms with E-state index in [2.05, 4.69) is 21.9 Å². The van der Waals surface area contributed by atoms with Gasteiger partial charge in [0.05, 0.1) is 7.11 Å². The Morgan fingerprint density at radius 1 is 1.50 bits per heavy atom. The van der Waals surface area contributed by atoms with Gasteiger partial charge in [-0.15, -0.1) is 0 Å². The maximum Gasteiger partial charge on any atom is 0.338 e. The summed E-state index contributed by atoms with van der Waals surface area (Å²) in [4.78, 5) is 13.7. The monoisotopic (exact) mass is 258 g/mol. The van der Waals surface area contributed by atoms with Gasteiger partial charge >= 0.3 is 5.97 Å². The van der Waals surface area contributed by atoms with Crippen molar-refractivity contribution in [3.63, 3.8) is 0 Å². The van der Waals surface area contributed by atoms with Crippen molar-refractivity contribution in [2.24, 2.45) is 5.92 Å². The minimum atomic E-state index is -1.44. The lowest BCUT2D eigenvalue weighted by atomic mass is 10.1. The van der Waals surface area contributed by atoms with E-state index in [-0.39, 0.29) is 6.54 Å².